The van der Waals surface area contributed by atoms with Gasteiger partial charge in [-0.05, 0) is 29.8 Å². The Bertz CT molecular complexity index is 968. The summed E-state index contributed by atoms with van der Waals surface area (Å²) < 4.78 is 1.41. The monoisotopic (exact) mass is 355 g/mol. The second kappa shape index (κ2) is 6.95. The number of benzene rings is 2. The number of nitrogens with two attached hydrogens (primary N) is 1. The predicted molar refractivity (Wildman–Crippen MR) is 100 cm³/mol. The van der Waals surface area contributed by atoms with E-state index in [1.807, 2.05) is 42.5 Å². The van der Waals surface area contributed by atoms with E-state index in [1.165, 1.54) is 10.7 Å². The number of halogens is 1. The van der Waals surface area contributed by atoms with Gasteiger partial charge < -0.3 is 5.73 Å². The molecule has 0 aliphatic heterocycles. The van der Waals surface area contributed by atoms with Crippen LogP contribution in [0.2, 0.25) is 5.02 Å². The van der Waals surface area contributed by atoms with Crippen molar-refractivity contribution in [1.82, 2.24) is 9.78 Å². The van der Waals surface area contributed by atoms with E-state index in [0.29, 0.717) is 22.2 Å². The molecule has 4 nitrogen and oxygen atoms in total. The number of aromatic nitrogens is 2. The number of hydrogen-bond donors (Lipinski definition) is 1. The molecule has 0 atom stereocenters. The van der Waals surface area contributed by atoms with Crippen molar-refractivity contribution in [3.63, 3.8) is 0 Å². The first-order chi connectivity index (χ1) is 11.5. The molecule has 0 radical (unpaired) electrons. The SMILES string of the molecule is NC(=S)c1cccc(Cn2nc(-c3cccc(Cl)c3)ccc2=O)c1. The average molecular weight is 356 g/mol. The van der Waals surface area contributed by atoms with Gasteiger partial charge in [0.25, 0.3) is 5.56 Å². The van der Waals surface area contributed by atoms with Crippen LogP contribution in [0.5, 0.6) is 0 Å². The van der Waals surface area contributed by atoms with E-state index in [-0.39, 0.29) is 5.56 Å². The minimum Gasteiger partial charge on any atom is -0.389 e. The molecule has 3 aromatic rings. The molecular formula is C18H14ClN3OS. The van der Waals surface area contributed by atoms with Crippen LogP contribution in [0.1, 0.15) is 11.1 Å². The Kier molecular flexibility index (Phi) is 4.74. The van der Waals surface area contributed by atoms with Crippen molar-refractivity contribution in [2.45, 2.75) is 6.54 Å². The van der Waals surface area contributed by atoms with Gasteiger partial charge in [-0.15, -0.1) is 0 Å². The van der Waals surface area contributed by atoms with Gasteiger partial charge in [-0.25, -0.2) is 4.68 Å². The van der Waals surface area contributed by atoms with E-state index in [1.54, 1.807) is 12.1 Å². The van der Waals surface area contributed by atoms with E-state index in [2.05, 4.69) is 5.10 Å². The van der Waals surface area contributed by atoms with E-state index in [9.17, 15) is 4.79 Å². The zero-order valence-corrected chi connectivity index (χ0v) is 14.2. The van der Waals surface area contributed by atoms with Gasteiger partial charge in [0.1, 0.15) is 4.99 Å². The Morgan fingerprint density at radius 3 is 2.67 bits per heavy atom. The van der Waals surface area contributed by atoms with Crippen molar-refractivity contribution >= 4 is 28.8 Å². The minimum absolute atomic E-state index is 0.179. The Morgan fingerprint density at radius 1 is 1.12 bits per heavy atom. The van der Waals surface area contributed by atoms with Crippen molar-refractivity contribution in [3.8, 4) is 11.3 Å². The third kappa shape index (κ3) is 3.69. The molecule has 1 aromatic heterocycles. The van der Waals surface area contributed by atoms with Crippen LogP contribution < -0.4 is 11.3 Å². The molecule has 0 saturated heterocycles. The molecule has 120 valence electrons. The Morgan fingerprint density at radius 2 is 1.92 bits per heavy atom. The van der Waals surface area contributed by atoms with Crippen LogP contribution in [0.4, 0.5) is 0 Å². The fourth-order valence-corrected chi connectivity index (χ4v) is 2.68. The van der Waals surface area contributed by atoms with Crippen molar-refractivity contribution in [2.24, 2.45) is 5.73 Å². The summed E-state index contributed by atoms with van der Waals surface area (Å²) in [4.78, 5) is 12.4. The largest absolute Gasteiger partial charge is 0.389 e. The fourth-order valence-electron chi connectivity index (χ4n) is 2.36. The molecule has 0 aliphatic rings. The average Bonchev–Trinajstić information content (AvgIpc) is 2.57. The van der Waals surface area contributed by atoms with Gasteiger partial charge in [-0.1, -0.05) is 54.2 Å². The van der Waals surface area contributed by atoms with E-state index in [4.69, 9.17) is 29.6 Å². The third-order valence-corrected chi connectivity index (χ3v) is 4.00. The molecule has 3 rings (SSSR count). The summed E-state index contributed by atoms with van der Waals surface area (Å²) in [5.74, 6) is 0. The van der Waals surface area contributed by atoms with Crippen molar-refractivity contribution in [2.75, 3.05) is 0 Å². The van der Waals surface area contributed by atoms with Gasteiger partial charge in [0.2, 0.25) is 0 Å². The van der Waals surface area contributed by atoms with Gasteiger partial charge in [0.05, 0.1) is 12.2 Å². The molecule has 0 fully saturated rings. The van der Waals surface area contributed by atoms with Gasteiger partial charge in [0.15, 0.2) is 0 Å². The minimum atomic E-state index is -0.179. The lowest BCUT2D eigenvalue weighted by Crippen LogP contribution is -2.23. The highest BCUT2D eigenvalue weighted by Crippen LogP contribution is 2.19. The lowest BCUT2D eigenvalue weighted by atomic mass is 10.1. The van der Waals surface area contributed by atoms with E-state index >= 15 is 0 Å². The molecule has 0 saturated carbocycles. The van der Waals surface area contributed by atoms with Crippen LogP contribution >= 0.6 is 23.8 Å². The summed E-state index contributed by atoms with van der Waals surface area (Å²) in [6, 6.07) is 18.0. The van der Waals surface area contributed by atoms with Crippen molar-refractivity contribution < 1.29 is 0 Å². The first-order valence-corrected chi connectivity index (χ1v) is 8.04. The van der Waals surface area contributed by atoms with Crippen LogP contribution in [-0.4, -0.2) is 14.8 Å². The van der Waals surface area contributed by atoms with Crippen LogP contribution in [0.25, 0.3) is 11.3 Å². The highest BCUT2D eigenvalue weighted by atomic mass is 35.5. The first-order valence-electron chi connectivity index (χ1n) is 7.26. The molecule has 0 bridgehead atoms. The van der Waals surface area contributed by atoms with Gasteiger partial charge in [-0.3, -0.25) is 4.79 Å². The maximum atomic E-state index is 12.1. The number of hydrogen-bond acceptors (Lipinski definition) is 3. The van der Waals surface area contributed by atoms with Crippen LogP contribution in [0, 0.1) is 0 Å². The zero-order chi connectivity index (χ0) is 17.1. The van der Waals surface area contributed by atoms with Gasteiger partial charge >= 0.3 is 0 Å². The van der Waals surface area contributed by atoms with Crippen molar-refractivity contribution in [3.05, 3.63) is 87.2 Å². The smallest absolute Gasteiger partial charge is 0.267 e. The van der Waals surface area contributed by atoms with Crippen molar-refractivity contribution in [1.29, 1.82) is 0 Å². The fraction of sp³-hybridized carbons (Fsp3) is 0.0556. The molecule has 0 unspecified atom stereocenters. The summed E-state index contributed by atoms with van der Waals surface area (Å²) >= 11 is 11.0. The molecular weight excluding hydrogens is 342 g/mol. The lowest BCUT2D eigenvalue weighted by molar-refractivity contribution is 0.642. The Hall–Kier alpha value is -2.50. The molecule has 0 spiro atoms. The Labute approximate surface area is 149 Å². The maximum Gasteiger partial charge on any atom is 0.267 e. The summed E-state index contributed by atoms with van der Waals surface area (Å²) in [5, 5.41) is 5.06. The number of rotatable bonds is 4. The summed E-state index contributed by atoms with van der Waals surface area (Å²) in [6.45, 7) is 0.337. The van der Waals surface area contributed by atoms with Crippen LogP contribution in [0.15, 0.2) is 65.5 Å². The molecule has 24 heavy (non-hydrogen) atoms. The summed E-state index contributed by atoms with van der Waals surface area (Å²) in [7, 11) is 0. The van der Waals surface area contributed by atoms with E-state index < -0.39 is 0 Å². The maximum absolute atomic E-state index is 12.1. The number of thiocarbonyl (C=S) groups is 1. The lowest BCUT2D eigenvalue weighted by Gasteiger charge is -2.09. The van der Waals surface area contributed by atoms with Gasteiger partial charge in [0, 0.05) is 22.2 Å². The molecule has 6 heteroatoms. The topological polar surface area (TPSA) is 60.9 Å². The highest BCUT2D eigenvalue weighted by Gasteiger charge is 2.06. The predicted octanol–water partition coefficient (Wildman–Crippen LogP) is 3.25. The summed E-state index contributed by atoms with van der Waals surface area (Å²) in [5.41, 5.74) is 8.68. The second-order valence-corrected chi connectivity index (χ2v) is 6.17. The highest BCUT2D eigenvalue weighted by molar-refractivity contribution is 7.80. The molecule has 0 amide bonds. The number of nitrogens with zero attached hydrogens (tertiary/aromatic N) is 2. The normalized spacial score (nSPS) is 10.5. The zero-order valence-electron chi connectivity index (χ0n) is 12.6. The molecule has 0 aliphatic carbocycles. The summed E-state index contributed by atoms with van der Waals surface area (Å²) in [6.07, 6.45) is 0. The molecule has 2 N–H and O–H groups in total. The Balaban J connectivity index is 1.97. The molecule has 1 heterocycles. The standard InChI is InChI=1S/C18H14ClN3OS/c19-15-6-2-4-13(10-15)16-7-8-17(23)22(21-16)11-12-3-1-5-14(9-12)18(20)24/h1-10H,11H2,(H2,20,24). The second-order valence-electron chi connectivity index (χ2n) is 5.29. The van der Waals surface area contributed by atoms with Crippen LogP contribution in [0.3, 0.4) is 0 Å². The third-order valence-electron chi connectivity index (χ3n) is 3.53. The van der Waals surface area contributed by atoms with Gasteiger partial charge in [-0.2, -0.15) is 5.10 Å². The molecule has 2 aromatic carbocycles. The first kappa shape index (κ1) is 16.4. The van der Waals surface area contributed by atoms with Crippen LogP contribution in [-0.2, 0) is 6.54 Å². The van der Waals surface area contributed by atoms with E-state index in [0.717, 1.165) is 16.7 Å². The quantitative estimate of drug-likeness (QED) is 0.730.